The van der Waals surface area contributed by atoms with Gasteiger partial charge in [0.2, 0.25) is 0 Å². The fourth-order valence-corrected chi connectivity index (χ4v) is 3.60. The van der Waals surface area contributed by atoms with Crippen LogP contribution in [-0.2, 0) is 5.41 Å². The van der Waals surface area contributed by atoms with Crippen molar-refractivity contribution in [1.82, 2.24) is 9.97 Å². The van der Waals surface area contributed by atoms with E-state index in [9.17, 15) is 0 Å². The number of aromatic nitrogens is 2. The minimum Gasteiger partial charge on any atom is -0.231 e. The number of hydrogen-bond donors (Lipinski definition) is 0. The maximum Gasteiger partial charge on any atom is 0.171 e. The minimum absolute atomic E-state index is 0.142. The molecule has 0 unspecified atom stereocenters. The van der Waals surface area contributed by atoms with Gasteiger partial charge in [0, 0.05) is 4.88 Å². The highest BCUT2D eigenvalue weighted by Crippen LogP contribution is 2.36. The second-order valence-electron chi connectivity index (χ2n) is 6.11. The first-order chi connectivity index (χ1) is 9.20. The summed E-state index contributed by atoms with van der Waals surface area (Å²) in [5.41, 5.74) is 1.09. The van der Waals surface area contributed by atoms with Gasteiger partial charge < -0.3 is 0 Å². The van der Waals surface area contributed by atoms with E-state index < -0.39 is 0 Å². The van der Waals surface area contributed by atoms with Crippen LogP contribution in [0.25, 0.3) is 10.7 Å². The molecule has 0 aromatic carbocycles. The Balaban J connectivity index is 2.51. The molecule has 0 spiro atoms. The van der Waals surface area contributed by atoms with Crippen molar-refractivity contribution >= 4 is 38.9 Å². The molecule has 0 aliphatic heterocycles. The maximum absolute atomic E-state index is 6.22. The molecule has 0 saturated carbocycles. The lowest BCUT2D eigenvalue weighted by Crippen LogP contribution is -2.07. The van der Waals surface area contributed by atoms with Gasteiger partial charge in [-0.05, 0) is 39.4 Å². The van der Waals surface area contributed by atoms with E-state index in [1.165, 1.54) is 4.88 Å². The monoisotopic (exact) mass is 372 g/mol. The van der Waals surface area contributed by atoms with Crippen LogP contribution in [0.5, 0.6) is 0 Å². The number of thiophene rings is 1. The molecule has 0 N–H and O–H groups in total. The van der Waals surface area contributed by atoms with E-state index in [1.54, 1.807) is 11.3 Å². The first-order valence-electron chi connectivity index (χ1n) is 6.53. The molecule has 0 aliphatic carbocycles. The highest BCUT2D eigenvalue weighted by Gasteiger charge is 2.19. The quantitative estimate of drug-likeness (QED) is 0.599. The lowest BCUT2D eigenvalue weighted by Gasteiger charge is -2.15. The molecule has 2 heterocycles. The average molecular weight is 374 g/mol. The van der Waals surface area contributed by atoms with Gasteiger partial charge in [0.1, 0.15) is 5.15 Å². The van der Waals surface area contributed by atoms with Crippen molar-refractivity contribution in [2.24, 2.45) is 0 Å². The molecule has 0 amide bonds. The van der Waals surface area contributed by atoms with Gasteiger partial charge in [-0.1, -0.05) is 46.2 Å². The Morgan fingerprint density at radius 2 is 1.85 bits per heavy atom. The van der Waals surface area contributed by atoms with Crippen molar-refractivity contribution in [2.45, 2.75) is 46.0 Å². The fraction of sp³-hybridized carbons (Fsp3) is 0.467. The summed E-state index contributed by atoms with van der Waals surface area (Å²) in [4.78, 5) is 11.4. The first kappa shape index (κ1) is 15.9. The predicted molar refractivity (Wildman–Crippen MR) is 90.8 cm³/mol. The van der Waals surface area contributed by atoms with Gasteiger partial charge in [0.05, 0.1) is 15.0 Å². The molecule has 108 valence electrons. The Kier molecular flexibility index (Phi) is 4.57. The summed E-state index contributed by atoms with van der Waals surface area (Å²) in [7, 11) is 0. The molecular formula is C15H18BrClN2S. The zero-order chi connectivity index (χ0) is 15.1. The summed E-state index contributed by atoms with van der Waals surface area (Å²) in [6.07, 6.45) is 0. The number of rotatable bonds is 2. The average Bonchev–Trinajstić information content (AvgIpc) is 2.81. The Morgan fingerprint density at radius 3 is 2.35 bits per heavy atom. The topological polar surface area (TPSA) is 25.8 Å². The summed E-state index contributed by atoms with van der Waals surface area (Å²) < 4.78 is 0.797. The van der Waals surface area contributed by atoms with Crippen molar-refractivity contribution < 1.29 is 0 Å². The van der Waals surface area contributed by atoms with E-state index in [-0.39, 0.29) is 5.41 Å². The molecule has 0 bridgehead atoms. The van der Waals surface area contributed by atoms with Crippen LogP contribution in [0, 0.1) is 0 Å². The maximum atomic E-state index is 6.22. The fourth-order valence-electron chi connectivity index (χ4n) is 1.79. The van der Waals surface area contributed by atoms with Crippen LogP contribution in [0.2, 0.25) is 5.15 Å². The molecule has 0 fully saturated rings. The highest BCUT2D eigenvalue weighted by atomic mass is 79.9. The van der Waals surface area contributed by atoms with Gasteiger partial charge >= 0.3 is 0 Å². The molecule has 0 radical (unpaired) electrons. The van der Waals surface area contributed by atoms with E-state index in [0.29, 0.717) is 16.9 Å². The van der Waals surface area contributed by atoms with Gasteiger partial charge in [0.25, 0.3) is 0 Å². The Bertz CT molecular complexity index is 629. The summed E-state index contributed by atoms with van der Waals surface area (Å²) in [6.45, 7) is 10.8. The second-order valence-corrected chi connectivity index (χ2v) is 8.34. The van der Waals surface area contributed by atoms with Crippen LogP contribution in [0.3, 0.4) is 0 Å². The van der Waals surface area contributed by atoms with Crippen LogP contribution in [0.1, 0.15) is 51.1 Å². The smallest absolute Gasteiger partial charge is 0.171 e. The second kappa shape index (κ2) is 5.74. The third-order valence-corrected chi connectivity index (χ3v) is 5.74. The Labute approximate surface area is 137 Å². The molecule has 0 aliphatic rings. The Morgan fingerprint density at radius 1 is 1.20 bits per heavy atom. The summed E-state index contributed by atoms with van der Waals surface area (Å²) in [5, 5.41) is 0.476. The molecular weight excluding hydrogens is 356 g/mol. The van der Waals surface area contributed by atoms with E-state index in [0.717, 1.165) is 15.0 Å². The van der Waals surface area contributed by atoms with Crippen LogP contribution in [0.4, 0.5) is 0 Å². The lowest BCUT2D eigenvalue weighted by atomic mass is 9.95. The molecule has 2 aromatic rings. The normalized spacial score (nSPS) is 12.2. The van der Waals surface area contributed by atoms with Crippen LogP contribution < -0.4 is 0 Å². The number of hydrogen-bond acceptors (Lipinski definition) is 3. The Hall–Kier alpha value is -0.450. The van der Waals surface area contributed by atoms with Crippen molar-refractivity contribution in [1.29, 1.82) is 0 Å². The summed E-state index contributed by atoms with van der Waals surface area (Å²) in [6, 6.07) is 4.23. The van der Waals surface area contributed by atoms with E-state index in [2.05, 4.69) is 72.6 Å². The minimum atomic E-state index is 0.142. The van der Waals surface area contributed by atoms with Gasteiger partial charge in [0.15, 0.2) is 5.82 Å². The van der Waals surface area contributed by atoms with Crippen molar-refractivity contribution in [3.63, 3.8) is 0 Å². The third kappa shape index (κ3) is 3.23. The molecule has 0 saturated heterocycles. The van der Waals surface area contributed by atoms with Crippen LogP contribution in [-0.4, -0.2) is 9.97 Å². The van der Waals surface area contributed by atoms with Gasteiger partial charge in [-0.3, -0.25) is 0 Å². The lowest BCUT2D eigenvalue weighted by molar-refractivity contribution is 0.604. The summed E-state index contributed by atoms with van der Waals surface area (Å²) >= 11 is 11.4. The molecule has 2 rings (SSSR count). The van der Waals surface area contributed by atoms with Crippen LogP contribution >= 0.6 is 38.9 Å². The number of nitrogens with zero attached hydrogens (tertiary/aromatic N) is 2. The van der Waals surface area contributed by atoms with E-state index >= 15 is 0 Å². The molecule has 5 heteroatoms. The highest BCUT2D eigenvalue weighted by molar-refractivity contribution is 9.10. The van der Waals surface area contributed by atoms with E-state index in [1.807, 2.05) is 0 Å². The zero-order valence-corrected chi connectivity index (χ0v) is 15.4. The molecule has 20 heavy (non-hydrogen) atoms. The van der Waals surface area contributed by atoms with E-state index in [4.69, 9.17) is 11.6 Å². The summed E-state index contributed by atoms with van der Waals surface area (Å²) in [5.74, 6) is 1.01. The van der Waals surface area contributed by atoms with Crippen molar-refractivity contribution in [2.75, 3.05) is 0 Å². The van der Waals surface area contributed by atoms with Crippen molar-refractivity contribution in [3.8, 4) is 10.7 Å². The van der Waals surface area contributed by atoms with Gasteiger partial charge in [-0.25, -0.2) is 9.97 Å². The first-order valence-corrected chi connectivity index (χ1v) is 8.52. The largest absolute Gasteiger partial charge is 0.231 e. The van der Waals surface area contributed by atoms with Crippen molar-refractivity contribution in [3.05, 3.63) is 32.3 Å². The molecule has 2 aromatic heterocycles. The zero-order valence-electron chi connectivity index (χ0n) is 12.3. The molecule has 2 nitrogen and oxygen atoms in total. The van der Waals surface area contributed by atoms with Gasteiger partial charge in [-0.15, -0.1) is 11.3 Å². The predicted octanol–water partition coefficient (Wildman–Crippen LogP) is 6.04. The standard InChI is InChI=1S/C15H18BrClN2S/c1-8(2)12-11(16)13(17)19-14(18-12)9-6-7-10(20-9)15(3,4)5/h6-8H,1-5H3. The molecule has 0 atom stereocenters. The van der Waals surface area contributed by atoms with Crippen LogP contribution in [0.15, 0.2) is 16.6 Å². The van der Waals surface area contributed by atoms with Gasteiger partial charge in [-0.2, -0.15) is 0 Å². The third-order valence-electron chi connectivity index (χ3n) is 2.95. The number of halogens is 2. The SMILES string of the molecule is CC(C)c1nc(-c2ccc(C(C)(C)C)s2)nc(Cl)c1Br.